The summed E-state index contributed by atoms with van der Waals surface area (Å²) in [6.07, 6.45) is 4.84. The van der Waals surface area contributed by atoms with Crippen LogP contribution in [0.4, 0.5) is 14.9 Å². The summed E-state index contributed by atoms with van der Waals surface area (Å²) in [4.78, 5) is 19.5. The Bertz CT molecular complexity index is 576. The number of hydrogen-bond donors (Lipinski definition) is 2. The summed E-state index contributed by atoms with van der Waals surface area (Å²) in [6, 6.07) is 6.32. The van der Waals surface area contributed by atoms with Crippen LogP contribution in [0.15, 0.2) is 43.0 Å². The average Bonchev–Trinajstić information content (AvgIpc) is 2.48. The summed E-state index contributed by atoms with van der Waals surface area (Å²) in [6.45, 7) is 0.992. The Hall–Kier alpha value is -2.50. The molecular formula is C14H15FN4O. The third-order valence-electron chi connectivity index (χ3n) is 2.62. The van der Waals surface area contributed by atoms with Crippen LogP contribution in [0.3, 0.4) is 0 Å². The van der Waals surface area contributed by atoms with Gasteiger partial charge in [-0.15, -0.1) is 0 Å². The van der Waals surface area contributed by atoms with Crippen molar-refractivity contribution in [3.8, 4) is 11.1 Å². The molecule has 0 bridgehead atoms. The monoisotopic (exact) mass is 274 g/mol. The van der Waals surface area contributed by atoms with Gasteiger partial charge >= 0.3 is 6.03 Å². The Morgan fingerprint density at radius 2 is 2.05 bits per heavy atom. The molecule has 0 unspecified atom stereocenters. The van der Waals surface area contributed by atoms with E-state index >= 15 is 0 Å². The van der Waals surface area contributed by atoms with Crippen LogP contribution in [0.5, 0.6) is 0 Å². The van der Waals surface area contributed by atoms with Crippen molar-refractivity contribution in [3.05, 3.63) is 43.0 Å². The van der Waals surface area contributed by atoms with Gasteiger partial charge in [-0.3, -0.25) is 0 Å². The number of anilines is 1. The molecule has 2 amide bonds. The third kappa shape index (κ3) is 3.74. The molecule has 2 N–H and O–H groups in total. The summed E-state index contributed by atoms with van der Waals surface area (Å²) in [7, 11) is 0. The van der Waals surface area contributed by atoms with E-state index < -0.39 is 18.7 Å². The second-order valence-corrected chi connectivity index (χ2v) is 4.36. The van der Waals surface area contributed by atoms with Crippen molar-refractivity contribution in [3.63, 3.8) is 0 Å². The number of nitrogens with one attached hydrogen (secondary N) is 2. The number of benzene rings is 1. The van der Waals surface area contributed by atoms with Crippen molar-refractivity contribution in [2.75, 3.05) is 12.0 Å². The minimum atomic E-state index is -0.602. The first-order chi connectivity index (χ1) is 9.69. The quantitative estimate of drug-likeness (QED) is 0.900. The molecule has 2 aromatic rings. The largest absolute Gasteiger partial charge is 0.333 e. The van der Waals surface area contributed by atoms with Gasteiger partial charge in [0.25, 0.3) is 0 Å². The van der Waals surface area contributed by atoms with E-state index in [-0.39, 0.29) is 0 Å². The van der Waals surface area contributed by atoms with E-state index in [0.717, 1.165) is 11.1 Å². The van der Waals surface area contributed by atoms with Crippen molar-refractivity contribution in [1.29, 1.82) is 0 Å². The summed E-state index contributed by atoms with van der Waals surface area (Å²) in [5.74, 6) is 0. The number of aromatic nitrogens is 2. The van der Waals surface area contributed by atoms with E-state index in [9.17, 15) is 9.18 Å². The van der Waals surface area contributed by atoms with Crippen molar-refractivity contribution in [2.45, 2.75) is 13.0 Å². The fourth-order valence-corrected chi connectivity index (χ4v) is 1.65. The summed E-state index contributed by atoms with van der Waals surface area (Å²) >= 11 is 0. The highest BCUT2D eigenvalue weighted by atomic mass is 19.1. The number of alkyl halides is 1. The number of carbonyl (C=O) groups is 1. The van der Waals surface area contributed by atoms with Gasteiger partial charge in [-0.25, -0.2) is 19.2 Å². The second-order valence-electron chi connectivity index (χ2n) is 4.36. The minimum Gasteiger partial charge on any atom is -0.333 e. The second kappa shape index (κ2) is 6.60. The van der Waals surface area contributed by atoms with E-state index in [1.807, 2.05) is 12.1 Å². The smallest absolute Gasteiger partial charge is 0.319 e. The number of amides is 2. The zero-order valence-corrected chi connectivity index (χ0v) is 11.0. The molecule has 104 valence electrons. The lowest BCUT2D eigenvalue weighted by Gasteiger charge is -2.12. The van der Waals surface area contributed by atoms with Gasteiger partial charge in [0, 0.05) is 23.6 Å². The molecule has 0 aliphatic heterocycles. The number of urea groups is 1. The lowest BCUT2D eigenvalue weighted by molar-refractivity contribution is 0.246. The predicted molar refractivity (Wildman–Crippen MR) is 75.1 cm³/mol. The van der Waals surface area contributed by atoms with Gasteiger partial charge in [-0.05, 0) is 24.6 Å². The summed E-state index contributed by atoms with van der Waals surface area (Å²) in [5, 5.41) is 5.15. The fraction of sp³-hybridized carbons (Fsp3) is 0.214. The van der Waals surface area contributed by atoms with Gasteiger partial charge in [-0.2, -0.15) is 0 Å². The van der Waals surface area contributed by atoms with Crippen LogP contribution in [0.2, 0.25) is 0 Å². The number of rotatable bonds is 4. The van der Waals surface area contributed by atoms with Gasteiger partial charge in [-0.1, -0.05) is 12.1 Å². The molecule has 0 fully saturated rings. The summed E-state index contributed by atoms with van der Waals surface area (Å²) in [5.41, 5.74) is 2.37. The van der Waals surface area contributed by atoms with Crippen LogP contribution < -0.4 is 10.6 Å². The van der Waals surface area contributed by atoms with Crippen molar-refractivity contribution in [2.24, 2.45) is 0 Å². The SMILES string of the molecule is C[C@H](CF)NC(=O)Nc1cccc(-c2cncnc2)c1. The molecule has 1 aromatic carbocycles. The fourth-order valence-electron chi connectivity index (χ4n) is 1.65. The van der Waals surface area contributed by atoms with Gasteiger partial charge in [0.05, 0.1) is 6.04 Å². The van der Waals surface area contributed by atoms with E-state index in [0.29, 0.717) is 5.69 Å². The molecular weight excluding hydrogens is 259 g/mol. The molecule has 0 aliphatic carbocycles. The highest BCUT2D eigenvalue weighted by Gasteiger charge is 2.07. The molecule has 2 rings (SSSR count). The number of nitrogens with zero attached hydrogens (tertiary/aromatic N) is 2. The molecule has 0 saturated carbocycles. The van der Waals surface area contributed by atoms with Crippen LogP contribution in [-0.4, -0.2) is 28.7 Å². The minimum absolute atomic E-state index is 0.434. The topological polar surface area (TPSA) is 66.9 Å². The molecule has 20 heavy (non-hydrogen) atoms. The summed E-state index contributed by atoms with van der Waals surface area (Å²) < 4.78 is 12.3. The average molecular weight is 274 g/mol. The molecule has 0 saturated heterocycles. The molecule has 0 spiro atoms. The molecule has 6 heteroatoms. The van der Waals surface area contributed by atoms with Gasteiger partial charge in [0.15, 0.2) is 0 Å². The van der Waals surface area contributed by atoms with Gasteiger partial charge in [0.1, 0.15) is 13.0 Å². The normalized spacial score (nSPS) is 11.7. The molecule has 1 heterocycles. The molecule has 1 aromatic heterocycles. The highest BCUT2D eigenvalue weighted by Crippen LogP contribution is 2.20. The first-order valence-electron chi connectivity index (χ1n) is 6.18. The standard InChI is InChI=1S/C14H15FN4O/c1-10(6-15)18-14(20)19-13-4-2-3-11(5-13)12-7-16-9-17-8-12/h2-5,7-10H,6H2,1H3,(H2,18,19,20)/t10-/m1/s1. The Balaban J connectivity index is 2.09. The van der Waals surface area contributed by atoms with E-state index in [4.69, 9.17) is 0 Å². The molecule has 0 aliphatic rings. The maximum Gasteiger partial charge on any atom is 0.319 e. The Labute approximate surface area is 116 Å². The van der Waals surface area contributed by atoms with E-state index in [1.54, 1.807) is 31.5 Å². The van der Waals surface area contributed by atoms with E-state index in [1.165, 1.54) is 6.33 Å². The number of halogens is 1. The first-order valence-corrected chi connectivity index (χ1v) is 6.18. The molecule has 0 radical (unpaired) electrons. The van der Waals surface area contributed by atoms with Gasteiger partial charge in [0.2, 0.25) is 0 Å². The molecule has 1 atom stereocenters. The Morgan fingerprint density at radius 3 is 2.75 bits per heavy atom. The zero-order valence-electron chi connectivity index (χ0n) is 11.0. The predicted octanol–water partition coefficient (Wildman–Crippen LogP) is 2.62. The third-order valence-corrected chi connectivity index (χ3v) is 2.62. The number of carbonyl (C=O) groups excluding carboxylic acids is 1. The van der Waals surface area contributed by atoms with Gasteiger partial charge < -0.3 is 10.6 Å². The Kier molecular flexibility index (Phi) is 4.60. The molecule has 5 nitrogen and oxygen atoms in total. The maximum atomic E-state index is 12.3. The van der Waals surface area contributed by atoms with Crippen LogP contribution >= 0.6 is 0 Å². The lowest BCUT2D eigenvalue weighted by atomic mass is 10.1. The zero-order chi connectivity index (χ0) is 14.4. The Morgan fingerprint density at radius 1 is 1.30 bits per heavy atom. The highest BCUT2D eigenvalue weighted by molar-refractivity contribution is 5.90. The first kappa shape index (κ1) is 13.9. The van der Waals surface area contributed by atoms with Crippen molar-refractivity contribution < 1.29 is 9.18 Å². The van der Waals surface area contributed by atoms with Crippen LogP contribution in [0.25, 0.3) is 11.1 Å². The van der Waals surface area contributed by atoms with Crippen LogP contribution in [0.1, 0.15) is 6.92 Å². The lowest BCUT2D eigenvalue weighted by Crippen LogP contribution is -2.37. The van der Waals surface area contributed by atoms with Crippen LogP contribution in [0, 0.1) is 0 Å². The number of hydrogen-bond acceptors (Lipinski definition) is 3. The maximum absolute atomic E-state index is 12.3. The van der Waals surface area contributed by atoms with Crippen LogP contribution in [-0.2, 0) is 0 Å². The van der Waals surface area contributed by atoms with Crippen molar-refractivity contribution >= 4 is 11.7 Å². The van der Waals surface area contributed by atoms with Crippen molar-refractivity contribution in [1.82, 2.24) is 15.3 Å². The van der Waals surface area contributed by atoms with E-state index in [2.05, 4.69) is 20.6 Å².